The molecular formula is C24H23N3O3. The van der Waals surface area contributed by atoms with Gasteiger partial charge in [-0.1, -0.05) is 19.1 Å². The fraction of sp³-hybridized carbons (Fsp3) is 0.208. The van der Waals surface area contributed by atoms with Crippen LogP contribution in [0.25, 0.3) is 27.8 Å². The van der Waals surface area contributed by atoms with Crippen molar-refractivity contribution in [3.05, 3.63) is 66.7 Å². The summed E-state index contributed by atoms with van der Waals surface area (Å²) in [6.07, 6.45) is 6.56. The van der Waals surface area contributed by atoms with Crippen LogP contribution in [-0.2, 0) is 0 Å². The highest BCUT2D eigenvalue weighted by atomic mass is 16.5. The van der Waals surface area contributed by atoms with Crippen molar-refractivity contribution in [3.8, 4) is 28.3 Å². The summed E-state index contributed by atoms with van der Waals surface area (Å²) in [7, 11) is 3.13. The van der Waals surface area contributed by atoms with Crippen LogP contribution < -0.4 is 9.47 Å². The standard InChI is InChI=1S/C24H23N3O3/c1-4-6-21(28)24-22(29-2)12-18(13-23(24)30-3)27-15-26-19-11-16(8-9-20(19)27)17-7-5-10-25-14-17/h5,7-15H,4,6H2,1-3H3. The fourth-order valence-electron chi connectivity index (χ4n) is 3.60. The van der Waals surface area contributed by atoms with Gasteiger partial charge in [0.2, 0.25) is 0 Å². The molecule has 2 aromatic carbocycles. The molecule has 0 amide bonds. The number of nitrogens with zero attached hydrogens (tertiary/aromatic N) is 3. The average molecular weight is 401 g/mol. The molecule has 0 aliphatic carbocycles. The predicted octanol–water partition coefficient (Wildman–Crippen LogP) is 5.09. The van der Waals surface area contributed by atoms with Crippen LogP contribution in [0.15, 0.2) is 61.2 Å². The molecule has 0 radical (unpaired) electrons. The molecule has 2 heterocycles. The Labute approximate surface area is 175 Å². The molecule has 4 rings (SSSR count). The number of aromatic nitrogens is 3. The maximum absolute atomic E-state index is 12.6. The Morgan fingerprint density at radius 3 is 2.43 bits per heavy atom. The Morgan fingerprint density at radius 1 is 1.03 bits per heavy atom. The molecule has 0 aliphatic heterocycles. The third kappa shape index (κ3) is 3.52. The van der Waals surface area contributed by atoms with Gasteiger partial charge in [-0.15, -0.1) is 0 Å². The fourth-order valence-corrected chi connectivity index (χ4v) is 3.60. The zero-order valence-corrected chi connectivity index (χ0v) is 17.3. The van der Waals surface area contributed by atoms with Gasteiger partial charge in [-0.3, -0.25) is 14.3 Å². The lowest BCUT2D eigenvalue weighted by Gasteiger charge is -2.15. The molecule has 2 aromatic heterocycles. The number of methoxy groups -OCH3 is 2. The topological polar surface area (TPSA) is 66.2 Å². The van der Waals surface area contributed by atoms with Gasteiger partial charge >= 0.3 is 0 Å². The number of carbonyl (C=O) groups is 1. The summed E-state index contributed by atoms with van der Waals surface area (Å²) in [5.74, 6) is 1.00. The lowest BCUT2D eigenvalue weighted by Crippen LogP contribution is -2.06. The lowest BCUT2D eigenvalue weighted by molar-refractivity contribution is 0.0975. The molecule has 0 aliphatic rings. The quantitative estimate of drug-likeness (QED) is 0.404. The average Bonchev–Trinajstić information content (AvgIpc) is 3.22. The molecule has 0 fully saturated rings. The van der Waals surface area contributed by atoms with Gasteiger partial charge in [0.25, 0.3) is 0 Å². The van der Waals surface area contributed by atoms with E-state index >= 15 is 0 Å². The van der Waals surface area contributed by atoms with E-state index in [1.165, 1.54) is 0 Å². The minimum absolute atomic E-state index is 0.00866. The van der Waals surface area contributed by atoms with Crippen molar-refractivity contribution in [3.63, 3.8) is 0 Å². The largest absolute Gasteiger partial charge is 0.496 e. The molecule has 0 atom stereocenters. The predicted molar refractivity (Wildman–Crippen MR) is 117 cm³/mol. The van der Waals surface area contributed by atoms with Crippen LogP contribution in [0.2, 0.25) is 0 Å². The van der Waals surface area contributed by atoms with Gasteiger partial charge in [-0.25, -0.2) is 4.98 Å². The summed E-state index contributed by atoms with van der Waals surface area (Å²) in [4.78, 5) is 21.4. The second-order valence-electron chi connectivity index (χ2n) is 6.96. The van der Waals surface area contributed by atoms with E-state index in [1.807, 2.05) is 60.2 Å². The summed E-state index contributed by atoms with van der Waals surface area (Å²) in [6, 6.07) is 13.7. The Bertz CT molecular complexity index is 1170. The Morgan fingerprint density at radius 2 is 1.80 bits per heavy atom. The summed E-state index contributed by atoms with van der Waals surface area (Å²) < 4.78 is 13.0. The maximum atomic E-state index is 12.6. The summed E-state index contributed by atoms with van der Waals surface area (Å²) in [5.41, 5.74) is 5.19. The summed E-state index contributed by atoms with van der Waals surface area (Å²) in [6.45, 7) is 1.97. The molecule has 6 nitrogen and oxygen atoms in total. The number of ether oxygens (including phenoxy) is 2. The highest BCUT2D eigenvalue weighted by molar-refractivity contribution is 6.01. The van der Waals surface area contributed by atoms with Crippen molar-refractivity contribution in [2.75, 3.05) is 14.2 Å². The monoisotopic (exact) mass is 401 g/mol. The van der Waals surface area contributed by atoms with Crippen molar-refractivity contribution in [1.82, 2.24) is 14.5 Å². The Hall–Kier alpha value is -3.67. The molecule has 0 saturated carbocycles. The van der Waals surface area contributed by atoms with E-state index in [0.29, 0.717) is 23.5 Å². The zero-order valence-electron chi connectivity index (χ0n) is 17.3. The number of fused-ring (bicyclic) bond motifs is 1. The number of Topliss-reactive ketones (excluding diaryl/α,β-unsaturated/α-hetero) is 1. The molecule has 4 aromatic rings. The van der Waals surface area contributed by atoms with Crippen molar-refractivity contribution in [2.24, 2.45) is 0 Å². The SMILES string of the molecule is CCCC(=O)c1c(OC)cc(-n2cnc3cc(-c4cccnc4)ccc32)cc1OC. The molecule has 0 bridgehead atoms. The van der Waals surface area contributed by atoms with Gasteiger partial charge < -0.3 is 9.47 Å². The van der Waals surface area contributed by atoms with E-state index in [-0.39, 0.29) is 5.78 Å². The number of benzene rings is 2. The van der Waals surface area contributed by atoms with E-state index in [0.717, 1.165) is 34.3 Å². The number of hydrogen-bond acceptors (Lipinski definition) is 5. The summed E-state index contributed by atoms with van der Waals surface area (Å²) >= 11 is 0. The molecular weight excluding hydrogens is 378 g/mol. The van der Waals surface area contributed by atoms with Gasteiger partial charge in [-0.05, 0) is 30.2 Å². The van der Waals surface area contributed by atoms with Crippen molar-refractivity contribution in [1.29, 1.82) is 0 Å². The van der Waals surface area contributed by atoms with Crippen LogP contribution >= 0.6 is 0 Å². The van der Waals surface area contributed by atoms with Crippen LogP contribution in [0.1, 0.15) is 30.1 Å². The normalized spacial score (nSPS) is 10.9. The van der Waals surface area contributed by atoms with E-state index in [9.17, 15) is 4.79 Å². The Kier molecular flexibility index (Phi) is 5.48. The van der Waals surface area contributed by atoms with Crippen molar-refractivity contribution >= 4 is 16.8 Å². The number of hydrogen-bond donors (Lipinski definition) is 0. The van der Waals surface area contributed by atoms with E-state index in [2.05, 4.69) is 9.97 Å². The van der Waals surface area contributed by atoms with Crippen LogP contribution in [-0.4, -0.2) is 34.5 Å². The highest BCUT2D eigenvalue weighted by Crippen LogP contribution is 2.35. The molecule has 0 saturated heterocycles. The van der Waals surface area contributed by atoms with Gasteiger partial charge in [0.1, 0.15) is 23.4 Å². The third-order valence-electron chi connectivity index (χ3n) is 5.07. The van der Waals surface area contributed by atoms with Gasteiger partial charge in [-0.2, -0.15) is 0 Å². The maximum Gasteiger partial charge on any atom is 0.170 e. The minimum atomic E-state index is 0.00866. The molecule has 0 N–H and O–H groups in total. The number of ketones is 1. The first-order valence-corrected chi connectivity index (χ1v) is 9.83. The Balaban J connectivity index is 1.81. The third-order valence-corrected chi connectivity index (χ3v) is 5.07. The van der Waals surface area contributed by atoms with Gasteiger partial charge in [0.05, 0.1) is 30.9 Å². The smallest absolute Gasteiger partial charge is 0.170 e. The second kappa shape index (κ2) is 8.37. The number of imidazole rings is 1. The number of pyridine rings is 1. The molecule has 0 unspecified atom stereocenters. The number of rotatable bonds is 7. The summed E-state index contributed by atoms with van der Waals surface area (Å²) in [5, 5.41) is 0. The second-order valence-corrected chi connectivity index (χ2v) is 6.96. The molecule has 6 heteroatoms. The first-order valence-electron chi connectivity index (χ1n) is 9.83. The van der Waals surface area contributed by atoms with Gasteiger partial charge in [0, 0.05) is 36.5 Å². The molecule has 30 heavy (non-hydrogen) atoms. The van der Waals surface area contributed by atoms with E-state index < -0.39 is 0 Å². The first-order chi connectivity index (χ1) is 14.7. The van der Waals surface area contributed by atoms with Crippen LogP contribution in [0.3, 0.4) is 0 Å². The van der Waals surface area contributed by atoms with Crippen LogP contribution in [0.4, 0.5) is 0 Å². The number of carbonyl (C=O) groups excluding carboxylic acids is 1. The first kappa shape index (κ1) is 19.6. The lowest BCUT2D eigenvalue weighted by atomic mass is 10.0. The molecule has 152 valence electrons. The highest BCUT2D eigenvalue weighted by Gasteiger charge is 2.20. The van der Waals surface area contributed by atoms with Crippen LogP contribution in [0.5, 0.6) is 11.5 Å². The van der Waals surface area contributed by atoms with E-state index in [4.69, 9.17) is 9.47 Å². The van der Waals surface area contributed by atoms with E-state index in [1.54, 1.807) is 26.7 Å². The molecule has 0 spiro atoms. The van der Waals surface area contributed by atoms with Crippen molar-refractivity contribution < 1.29 is 14.3 Å². The van der Waals surface area contributed by atoms with Gasteiger partial charge in [0.15, 0.2) is 5.78 Å². The van der Waals surface area contributed by atoms with Crippen LogP contribution in [0, 0.1) is 0 Å². The van der Waals surface area contributed by atoms with Crippen molar-refractivity contribution in [2.45, 2.75) is 19.8 Å². The minimum Gasteiger partial charge on any atom is -0.496 e. The zero-order chi connectivity index (χ0) is 21.1.